The molecular weight excluding hydrogens is 607 g/mol. The van der Waals surface area contributed by atoms with E-state index in [0.717, 1.165) is 18.1 Å². The number of anilines is 1. The van der Waals surface area contributed by atoms with Crippen molar-refractivity contribution in [2.24, 2.45) is 10.8 Å². The van der Waals surface area contributed by atoms with E-state index in [1.54, 1.807) is 50.7 Å². The third-order valence-corrected chi connectivity index (χ3v) is 7.85. The summed E-state index contributed by atoms with van der Waals surface area (Å²) >= 11 is 0. The Balaban J connectivity index is 1.16. The Hall–Kier alpha value is -5.26. The zero-order valence-electron chi connectivity index (χ0n) is 26.1. The molecule has 2 aliphatic heterocycles. The van der Waals surface area contributed by atoms with Gasteiger partial charge in [0, 0.05) is 30.8 Å². The molecule has 244 valence electrons. The molecule has 0 amide bonds. The Kier molecular flexibility index (Phi) is 9.46. The smallest absolute Gasteiger partial charge is 0.338 e. The number of carbonyl (C=O) groups excluding carboxylic acids is 1. The minimum atomic E-state index is -0.643. The van der Waals surface area contributed by atoms with Gasteiger partial charge in [-0.1, -0.05) is 12.1 Å². The number of ether oxygens (including phenoxy) is 4. The third-order valence-electron chi connectivity index (χ3n) is 7.85. The van der Waals surface area contributed by atoms with Crippen LogP contribution in [0.4, 0.5) is 10.2 Å². The molecule has 2 aromatic carbocycles. The Morgan fingerprint density at radius 3 is 2.77 bits per heavy atom. The fourth-order valence-electron chi connectivity index (χ4n) is 5.25. The molecule has 1 fully saturated rings. The number of rotatable bonds is 12. The SMILES string of the molecule is COc1cc(C#N)ccc1COc1cccc(N2C=NN(Cc3nc4c(F)cc(C(=O)OC[C@H](C)N)cc4n3C[C@@H]3CCO3)CC2)n1. The van der Waals surface area contributed by atoms with Gasteiger partial charge in [-0.15, -0.1) is 0 Å². The van der Waals surface area contributed by atoms with Crippen LogP contribution in [0.25, 0.3) is 11.0 Å². The lowest BCUT2D eigenvalue weighted by Crippen LogP contribution is -2.38. The van der Waals surface area contributed by atoms with Crippen LogP contribution >= 0.6 is 0 Å². The molecule has 1 saturated heterocycles. The second-order valence-corrected chi connectivity index (χ2v) is 11.4. The second-order valence-electron chi connectivity index (χ2n) is 11.4. The van der Waals surface area contributed by atoms with E-state index in [1.165, 1.54) is 0 Å². The van der Waals surface area contributed by atoms with Gasteiger partial charge in [-0.2, -0.15) is 15.3 Å². The lowest BCUT2D eigenvalue weighted by atomic mass is 10.1. The largest absolute Gasteiger partial charge is 0.496 e. The molecule has 0 spiro atoms. The molecule has 0 bridgehead atoms. The number of halogens is 1. The van der Waals surface area contributed by atoms with Crippen molar-refractivity contribution in [3.05, 3.63) is 76.9 Å². The number of methoxy groups -OCH3 is 1. The first-order chi connectivity index (χ1) is 22.8. The van der Waals surface area contributed by atoms with Crippen molar-refractivity contribution in [2.75, 3.05) is 38.3 Å². The average molecular weight is 643 g/mol. The number of nitriles is 1. The summed E-state index contributed by atoms with van der Waals surface area (Å²) in [6.45, 7) is 4.56. The predicted octanol–water partition coefficient (Wildman–Crippen LogP) is 3.59. The Bertz CT molecular complexity index is 1830. The highest BCUT2D eigenvalue weighted by Gasteiger charge is 2.26. The topological polar surface area (TPSA) is 153 Å². The van der Waals surface area contributed by atoms with Gasteiger partial charge in [-0.25, -0.2) is 14.2 Å². The molecule has 0 saturated carbocycles. The summed E-state index contributed by atoms with van der Waals surface area (Å²) < 4.78 is 39.4. The molecule has 2 aromatic heterocycles. The van der Waals surface area contributed by atoms with Gasteiger partial charge in [-0.05, 0) is 43.7 Å². The quantitative estimate of drug-likeness (QED) is 0.226. The number of hydrogen-bond acceptors (Lipinski definition) is 12. The standard InChI is InChI=1S/C33H35FN8O5/c1-21(36)18-47-33(43)24-13-26(34)32-27(14-24)42(16-25-8-11-45-25)30(39-32)17-41-10-9-40(20-37-41)29-4-3-5-31(38-29)46-19-23-7-6-22(15-35)12-28(23)44-2/h3-7,12-14,20-21,25H,8-11,16-19,36H2,1-2H3/t21-,25-/m0/s1. The summed E-state index contributed by atoms with van der Waals surface area (Å²) in [5.74, 6) is 1.02. The highest BCUT2D eigenvalue weighted by Crippen LogP contribution is 2.27. The molecule has 14 heteroatoms. The summed E-state index contributed by atoms with van der Waals surface area (Å²) in [4.78, 5) is 23.8. The van der Waals surface area contributed by atoms with E-state index in [-0.39, 0.29) is 36.4 Å². The second kappa shape index (κ2) is 14.0. The van der Waals surface area contributed by atoms with Crippen LogP contribution in [-0.2, 0) is 29.2 Å². The number of aromatic nitrogens is 3. The van der Waals surface area contributed by atoms with Gasteiger partial charge in [0.15, 0.2) is 5.82 Å². The maximum absolute atomic E-state index is 15.3. The van der Waals surface area contributed by atoms with E-state index < -0.39 is 11.8 Å². The Labute approximate surface area is 270 Å². The van der Waals surface area contributed by atoms with Crippen LogP contribution in [0, 0.1) is 17.1 Å². The van der Waals surface area contributed by atoms with Crippen LogP contribution in [-0.4, -0.2) is 77.4 Å². The van der Waals surface area contributed by atoms with Crippen LogP contribution in [0.5, 0.6) is 11.6 Å². The minimum Gasteiger partial charge on any atom is -0.496 e. The summed E-state index contributed by atoms with van der Waals surface area (Å²) in [5, 5.41) is 15.6. The molecule has 2 atom stereocenters. The van der Waals surface area contributed by atoms with E-state index >= 15 is 4.39 Å². The number of fused-ring (bicyclic) bond motifs is 1. The molecule has 6 rings (SSSR count). The van der Waals surface area contributed by atoms with Crippen molar-refractivity contribution in [3.8, 4) is 17.7 Å². The molecule has 2 aliphatic rings. The number of hydrogen-bond donors (Lipinski definition) is 1. The summed E-state index contributed by atoms with van der Waals surface area (Å²) in [6.07, 6.45) is 2.54. The summed E-state index contributed by atoms with van der Waals surface area (Å²) in [5.41, 5.74) is 7.77. The van der Waals surface area contributed by atoms with Crippen molar-refractivity contribution in [1.82, 2.24) is 19.5 Å². The first kappa shape index (κ1) is 31.7. The van der Waals surface area contributed by atoms with E-state index in [1.807, 2.05) is 26.6 Å². The highest BCUT2D eigenvalue weighted by atomic mass is 19.1. The fraction of sp³-hybridized carbons (Fsp3) is 0.364. The number of esters is 1. The van der Waals surface area contributed by atoms with E-state index in [9.17, 15) is 4.79 Å². The third kappa shape index (κ3) is 7.26. The van der Waals surface area contributed by atoms with E-state index in [2.05, 4.69) is 21.1 Å². The first-order valence-corrected chi connectivity index (χ1v) is 15.3. The zero-order chi connectivity index (χ0) is 32.9. The molecule has 0 aliphatic carbocycles. The Morgan fingerprint density at radius 1 is 1.21 bits per heavy atom. The zero-order valence-corrected chi connectivity index (χ0v) is 26.1. The van der Waals surface area contributed by atoms with Crippen LogP contribution in [0.2, 0.25) is 0 Å². The van der Waals surface area contributed by atoms with Gasteiger partial charge in [0.2, 0.25) is 5.88 Å². The van der Waals surface area contributed by atoms with Crippen molar-refractivity contribution >= 4 is 29.2 Å². The van der Waals surface area contributed by atoms with Crippen LogP contribution in [0.3, 0.4) is 0 Å². The number of hydrazone groups is 1. The van der Waals surface area contributed by atoms with Gasteiger partial charge in [-0.3, -0.25) is 5.01 Å². The molecule has 13 nitrogen and oxygen atoms in total. The monoisotopic (exact) mass is 642 g/mol. The van der Waals surface area contributed by atoms with Crippen molar-refractivity contribution in [1.29, 1.82) is 5.26 Å². The highest BCUT2D eigenvalue weighted by molar-refractivity contribution is 5.94. The van der Waals surface area contributed by atoms with Crippen LogP contribution in [0.15, 0.2) is 53.6 Å². The molecule has 2 N–H and O–H groups in total. The predicted molar refractivity (Wildman–Crippen MR) is 171 cm³/mol. The Morgan fingerprint density at radius 2 is 2.06 bits per heavy atom. The van der Waals surface area contributed by atoms with Gasteiger partial charge < -0.3 is 34.1 Å². The van der Waals surface area contributed by atoms with Gasteiger partial charge >= 0.3 is 5.97 Å². The van der Waals surface area contributed by atoms with E-state index in [0.29, 0.717) is 67.1 Å². The van der Waals surface area contributed by atoms with Gasteiger partial charge in [0.1, 0.15) is 42.5 Å². The number of imidazole rings is 1. The molecule has 4 heterocycles. The number of nitrogens with two attached hydrogens (primary N) is 1. The molecular formula is C33H35FN8O5. The van der Waals surface area contributed by atoms with Crippen LogP contribution in [0.1, 0.15) is 40.7 Å². The van der Waals surface area contributed by atoms with Crippen molar-refractivity contribution in [2.45, 2.75) is 45.2 Å². The van der Waals surface area contributed by atoms with Crippen LogP contribution < -0.4 is 20.1 Å². The lowest BCUT2D eigenvalue weighted by molar-refractivity contribution is -0.0592. The maximum atomic E-state index is 15.3. The van der Waals surface area contributed by atoms with Gasteiger partial charge in [0.25, 0.3) is 0 Å². The minimum absolute atomic E-state index is 0.0261. The lowest BCUT2D eigenvalue weighted by Gasteiger charge is -2.30. The number of benzene rings is 2. The maximum Gasteiger partial charge on any atom is 0.338 e. The van der Waals surface area contributed by atoms with Crippen molar-refractivity contribution < 1.29 is 28.1 Å². The summed E-state index contributed by atoms with van der Waals surface area (Å²) in [7, 11) is 1.55. The number of pyridine rings is 1. The first-order valence-electron chi connectivity index (χ1n) is 15.3. The van der Waals surface area contributed by atoms with Gasteiger partial charge in [0.05, 0.1) is 55.6 Å². The van der Waals surface area contributed by atoms with Crippen molar-refractivity contribution in [3.63, 3.8) is 0 Å². The number of nitrogens with zero attached hydrogens (tertiary/aromatic N) is 7. The molecule has 47 heavy (non-hydrogen) atoms. The molecule has 4 aromatic rings. The summed E-state index contributed by atoms with van der Waals surface area (Å²) in [6, 6.07) is 15.2. The normalized spacial score (nSPS) is 16.4. The molecule has 0 radical (unpaired) electrons. The van der Waals surface area contributed by atoms with E-state index in [4.69, 9.17) is 29.9 Å². The fourth-order valence-corrected chi connectivity index (χ4v) is 5.25. The number of carbonyl (C=O) groups is 1. The molecule has 0 unspecified atom stereocenters. The average Bonchev–Trinajstić information content (AvgIpc) is 3.41.